The van der Waals surface area contributed by atoms with E-state index in [-0.39, 0.29) is 17.7 Å². The lowest BCUT2D eigenvalue weighted by atomic mass is 10.1. The summed E-state index contributed by atoms with van der Waals surface area (Å²) in [6.45, 7) is 4.63. The first-order chi connectivity index (χ1) is 17.5. The number of nitrogens with two attached hydrogens (primary N) is 1. The summed E-state index contributed by atoms with van der Waals surface area (Å²) < 4.78 is 0. The van der Waals surface area contributed by atoms with Crippen LogP contribution >= 0.6 is 0 Å². The van der Waals surface area contributed by atoms with Crippen molar-refractivity contribution in [1.82, 2.24) is 14.9 Å². The molecule has 1 saturated carbocycles. The molecule has 1 atom stereocenters. The van der Waals surface area contributed by atoms with Crippen molar-refractivity contribution in [2.75, 3.05) is 41.7 Å². The number of nitrogens with one attached hydrogen (secondary N) is 2. The Morgan fingerprint density at radius 2 is 1.61 bits per heavy atom. The number of nitrogens with zero attached hydrogens (tertiary/aromatic N) is 4. The van der Waals surface area contributed by atoms with Gasteiger partial charge in [0.1, 0.15) is 0 Å². The van der Waals surface area contributed by atoms with Crippen molar-refractivity contribution in [3.8, 4) is 11.3 Å². The van der Waals surface area contributed by atoms with Gasteiger partial charge in [0.05, 0.1) is 11.7 Å². The SMILES string of the molecule is CC(N)C(=O)N1CCN(c2ccc(Nc3nccc(-c4ccc(NC(=O)C5CC5)cc4)n3)cc2)CC1. The summed E-state index contributed by atoms with van der Waals surface area (Å²) >= 11 is 0. The highest BCUT2D eigenvalue weighted by Gasteiger charge is 2.29. The number of piperazine rings is 1. The lowest BCUT2D eigenvalue weighted by molar-refractivity contribution is -0.132. The zero-order chi connectivity index (χ0) is 25.1. The van der Waals surface area contributed by atoms with Crippen LogP contribution in [0.2, 0.25) is 0 Å². The van der Waals surface area contributed by atoms with Gasteiger partial charge in [-0.1, -0.05) is 12.1 Å². The van der Waals surface area contributed by atoms with Gasteiger partial charge in [-0.3, -0.25) is 9.59 Å². The Bertz CT molecular complexity index is 1220. The Morgan fingerprint density at radius 1 is 0.944 bits per heavy atom. The molecule has 9 heteroatoms. The summed E-state index contributed by atoms with van der Waals surface area (Å²) in [6, 6.07) is 17.2. The molecule has 5 rings (SSSR count). The second-order valence-corrected chi connectivity index (χ2v) is 9.38. The number of aromatic nitrogens is 2. The van der Waals surface area contributed by atoms with Gasteiger partial charge in [0, 0.05) is 60.9 Å². The van der Waals surface area contributed by atoms with Crippen molar-refractivity contribution in [3.05, 3.63) is 60.8 Å². The molecule has 1 aromatic heterocycles. The second-order valence-electron chi connectivity index (χ2n) is 9.38. The first kappa shape index (κ1) is 23.7. The molecule has 0 bridgehead atoms. The Morgan fingerprint density at radius 3 is 2.25 bits per heavy atom. The van der Waals surface area contributed by atoms with Gasteiger partial charge in [0.15, 0.2) is 0 Å². The van der Waals surface area contributed by atoms with Crippen molar-refractivity contribution in [2.45, 2.75) is 25.8 Å². The number of carbonyl (C=O) groups excluding carboxylic acids is 2. The summed E-state index contributed by atoms with van der Waals surface area (Å²) in [5, 5.41) is 6.23. The van der Waals surface area contributed by atoms with Crippen LogP contribution in [0.1, 0.15) is 19.8 Å². The Kier molecular flexibility index (Phi) is 6.81. The molecule has 2 amide bonds. The average Bonchev–Trinajstić information content (AvgIpc) is 3.75. The van der Waals surface area contributed by atoms with E-state index in [1.54, 1.807) is 13.1 Å². The van der Waals surface area contributed by atoms with E-state index < -0.39 is 6.04 Å². The lowest BCUT2D eigenvalue weighted by Crippen LogP contribution is -2.52. The van der Waals surface area contributed by atoms with E-state index >= 15 is 0 Å². The maximum Gasteiger partial charge on any atom is 0.239 e. The smallest absolute Gasteiger partial charge is 0.239 e. The highest BCUT2D eigenvalue weighted by molar-refractivity contribution is 5.94. The molecule has 186 valence electrons. The summed E-state index contributed by atoms with van der Waals surface area (Å²) in [5.41, 5.74) is 10.3. The predicted molar refractivity (Wildman–Crippen MR) is 141 cm³/mol. The van der Waals surface area contributed by atoms with Gasteiger partial charge < -0.3 is 26.2 Å². The van der Waals surface area contributed by atoms with Gasteiger partial charge in [-0.05, 0) is 62.2 Å². The van der Waals surface area contributed by atoms with Gasteiger partial charge in [-0.15, -0.1) is 0 Å². The topological polar surface area (TPSA) is 116 Å². The zero-order valence-corrected chi connectivity index (χ0v) is 20.4. The van der Waals surface area contributed by atoms with Crippen LogP contribution in [0.25, 0.3) is 11.3 Å². The van der Waals surface area contributed by atoms with Crippen LogP contribution in [-0.4, -0.2) is 58.9 Å². The first-order valence-corrected chi connectivity index (χ1v) is 12.4. The zero-order valence-electron chi connectivity index (χ0n) is 20.4. The third-order valence-electron chi connectivity index (χ3n) is 6.52. The van der Waals surface area contributed by atoms with E-state index in [1.807, 2.05) is 47.4 Å². The fraction of sp³-hybridized carbons (Fsp3) is 0.333. The van der Waals surface area contributed by atoms with Gasteiger partial charge >= 0.3 is 0 Å². The lowest BCUT2D eigenvalue weighted by Gasteiger charge is -2.36. The van der Waals surface area contributed by atoms with Crippen LogP contribution in [0.4, 0.5) is 23.0 Å². The Hall–Kier alpha value is -3.98. The van der Waals surface area contributed by atoms with E-state index in [9.17, 15) is 9.59 Å². The molecular weight excluding hydrogens is 454 g/mol. The Labute approximate surface area is 210 Å². The molecule has 0 spiro atoms. The second kappa shape index (κ2) is 10.3. The maximum atomic E-state index is 12.1. The third kappa shape index (κ3) is 5.63. The fourth-order valence-corrected chi connectivity index (χ4v) is 4.25. The number of hydrogen-bond acceptors (Lipinski definition) is 7. The normalized spacial score (nSPS) is 16.4. The van der Waals surface area contributed by atoms with Crippen LogP contribution in [0, 0.1) is 5.92 Å². The molecule has 2 heterocycles. The van der Waals surface area contributed by atoms with Crippen LogP contribution in [0.5, 0.6) is 0 Å². The molecule has 1 aliphatic carbocycles. The van der Waals surface area contributed by atoms with E-state index in [2.05, 4.69) is 37.6 Å². The summed E-state index contributed by atoms with van der Waals surface area (Å²) in [6.07, 6.45) is 3.69. The average molecular weight is 486 g/mol. The minimum Gasteiger partial charge on any atom is -0.368 e. The summed E-state index contributed by atoms with van der Waals surface area (Å²) in [7, 11) is 0. The molecule has 2 aromatic carbocycles. The van der Waals surface area contributed by atoms with E-state index in [1.165, 1.54) is 0 Å². The summed E-state index contributed by atoms with van der Waals surface area (Å²) in [4.78, 5) is 37.2. The van der Waals surface area contributed by atoms with E-state index in [0.29, 0.717) is 19.0 Å². The van der Waals surface area contributed by atoms with Crippen molar-refractivity contribution in [3.63, 3.8) is 0 Å². The fourth-order valence-electron chi connectivity index (χ4n) is 4.25. The number of rotatable bonds is 7. The molecule has 36 heavy (non-hydrogen) atoms. The van der Waals surface area contributed by atoms with Crippen molar-refractivity contribution in [1.29, 1.82) is 0 Å². The molecule has 4 N–H and O–H groups in total. The van der Waals surface area contributed by atoms with Crippen molar-refractivity contribution in [2.24, 2.45) is 11.7 Å². The van der Waals surface area contributed by atoms with Crippen molar-refractivity contribution < 1.29 is 9.59 Å². The van der Waals surface area contributed by atoms with Crippen molar-refractivity contribution >= 4 is 34.8 Å². The molecule has 3 aromatic rings. The first-order valence-electron chi connectivity index (χ1n) is 12.4. The van der Waals surface area contributed by atoms with Gasteiger partial charge in [0.25, 0.3) is 0 Å². The molecule has 2 aliphatic rings. The van der Waals surface area contributed by atoms with E-state index in [0.717, 1.165) is 54.3 Å². The highest BCUT2D eigenvalue weighted by atomic mass is 16.2. The molecular formula is C27H31N7O2. The van der Waals surface area contributed by atoms with Gasteiger partial charge in [-0.2, -0.15) is 0 Å². The molecule has 1 saturated heterocycles. The molecule has 2 fully saturated rings. The van der Waals surface area contributed by atoms with Crippen LogP contribution in [0.15, 0.2) is 60.8 Å². The van der Waals surface area contributed by atoms with Crippen LogP contribution in [0.3, 0.4) is 0 Å². The minimum atomic E-state index is -0.457. The monoisotopic (exact) mass is 485 g/mol. The molecule has 0 radical (unpaired) electrons. The van der Waals surface area contributed by atoms with Crippen LogP contribution in [-0.2, 0) is 9.59 Å². The maximum absolute atomic E-state index is 12.1. The third-order valence-corrected chi connectivity index (χ3v) is 6.52. The highest BCUT2D eigenvalue weighted by Crippen LogP contribution is 2.30. The number of carbonyl (C=O) groups is 2. The van der Waals surface area contributed by atoms with Crippen LogP contribution < -0.4 is 21.3 Å². The Balaban J connectivity index is 1.19. The molecule has 1 aliphatic heterocycles. The minimum absolute atomic E-state index is 0.00714. The van der Waals surface area contributed by atoms with Gasteiger partial charge in [0.2, 0.25) is 17.8 Å². The quantitative estimate of drug-likeness (QED) is 0.470. The number of benzene rings is 2. The molecule has 1 unspecified atom stereocenters. The molecule has 9 nitrogen and oxygen atoms in total. The predicted octanol–water partition coefficient (Wildman–Crippen LogP) is 3.23. The largest absolute Gasteiger partial charge is 0.368 e. The number of amides is 2. The summed E-state index contributed by atoms with van der Waals surface area (Å²) in [5.74, 6) is 0.790. The van der Waals surface area contributed by atoms with Gasteiger partial charge in [-0.25, -0.2) is 9.97 Å². The van der Waals surface area contributed by atoms with E-state index in [4.69, 9.17) is 5.73 Å². The standard InChI is InChI=1S/C27H31N7O2/c1-18(28)26(36)34-16-14-33(15-17-34)23-10-8-22(9-11-23)31-27-29-13-12-24(32-27)19-4-6-21(7-5-19)30-25(35)20-2-3-20/h4-13,18,20H,2-3,14-17,28H2,1H3,(H,30,35)(H,29,31,32). The number of hydrogen-bond donors (Lipinski definition) is 3. The number of anilines is 4.